The van der Waals surface area contributed by atoms with Gasteiger partial charge in [-0.15, -0.1) is 0 Å². The van der Waals surface area contributed by atoms with Crippen molar-refractivity contribution in [2.45, 2.75) is 0 Å². The predicted molar refractivity (Wildman–Crippen MR) is 129 cm³/mol. The fourth-order valence-electron chi connectivity index (χ4n) is 2.41. The Morgan fingerprint density at radius 2 is 1.03 bits per heavy atom. The number of carbonyl (C=O) groups excluding carboxylic acids is 1. The zero-order valence-corrected chi connectivity index (χ0v) is 18.0. The van der Waals surface area contributed by atoms with Crippen molar-refractivity contribution in [1.29, 1.82) is 0 Å². The maximum atomic E-state index is 12.9. The van der Waals surface area contributed by atoms with E-state index in [0.717, 1.165) is 0 Å². The number of halogens is 2. The lowest BCUT2D eigenvalue weighted by atomic mass is 10.2. The molecule has 7 nitrogen and oxygen atoms in total. The van der Waals surface area contributed by atoms with Gasteiger partial charge in [-0.2, -0.15) is 0 Å². The summed E-state index contributed by atoms with van der Waals surface area (Å²) >= 11 is 10.2. The Hall–Kier alpha value is -3.83. The van der Waals surface area contributed by atoms with Crippen LogP contribution in [-0.4, -0.2) is 16.1 Å². The topological polar surface area (TPSA) is 89.2 Å². The number of amides is 1. The third-order valence-electron chi connectivity index (χ3n) is 3.96. The molecule has 3 rings (SSSR count). The fourth-order valence-corrected chi connectivity index (χ4v) is 2.75. The van der Waals surface area contributed by atoms with Crippen LogP contribution in [0.5, 0.6) is 0 Å². The number of hydrazine groups is 2. The SMILES string of the molecule is O=C(NNC(=S)Nc1ccc(F)cc1)c1ccc(NNC(=S)Nc2ccc(F)cc2)cc1. The van der Waals surface area contributed by atoms with Crippen LogP contribution in [0.15, 0.2) is 72.8 Å². The number of hydrogen-bond acceptors (Lipinski definition) is 4. The number of nitrogens with one attached hydrogen (secondary N) is 6. The monoisotopic (exact) mass is 472 g/mol. The number of rotatable bonds is 5. The van der Waals surface area contributed by atoms with Crippen molar-refractivity contribution in [3.8, 4) is 0 Å². The van der Waals surface area contributed by atoms with Crippen LogP contribution in [0.1, 0.15) is 10.4 Å². The highest BCUT2D eigenvalue weighted by Gasteiger charge is 2.06. The van der Waals surface area contributed by atoms with Gasteiger partial charge in [-0.25, -0.2) is 8.78 Å². The maximum absolute atomic E-state index is 12.9. The first-order valence-corrected chi connectivity index (χ1v) is 10.0. The normalized spacial score (nSPS) is 9.94. The summed E-state index contributed by atoms with van der Waals surface area (Å²) in [6.45, 7) is 0. The van der Waals surface area contributed by atoms with E-state index in [4.69, 9.17) is 24.4 Å². The molecule has 0 spiro atoms. The second-order valence-electron chi connectivity index (χ2n) is 6.33. The van der Waals surface area contributed by atoms with Gasteiger partial charge in [0, 0.05) is 16.9 Å². The van der Waals surface area contributed by atoms with Gasteiger partial charge in [0.15, 0.2) is 10.2 Å². The number of carbonyl (C=O) groups is 1. The minimum absolute atomic E-state index is 0.148. The van der Waals surface area contributed by atoms with Crippen molar-refractivity contribution < 1.29 is 13.6 Å². The Balaban J connectivity index is 1.42. The second kappa shape index (κ2) is 11.0. The summed E-state index contributed by atoms with van der Waals surface area (Å²) in [5.41, 5.74) is 13.0. The van der Waals surface area contributed by atoms with Gasteiger partial charge in [-0.05, 0) is 97.2 Å². The second-order valence-corrected chi connectivity index (χ2v) is 7.15. The van der Waals surface area contributed by atoms with E-state index in [0.29, 0.717) is 22.6 Å². The van der Waals surface area contributed by atoms with Crippen LogP contribution in [0.4, 0.5) is 25.8 Å². The Morgan fingerprint density at radius 3 is 1.53 bits per heavy atom. The molecule has 3 aromatic rings. The van der Waals surface area contributed by atoms with Crippen molar-refractivity contribution >= 4 is 57.6 Å². The molecule has 1 amide bonds. The summed E-state index contributed by atoms with van der Waals surface area (Å²) in [6.07, 6.45) is 0. The average Bonchev–Trinajstić information content (AvgIpc) is 2.79. The Labute approximate surface area is 193 Å². The van der Waals surface area contributed by atoms with Crippen molar-refractivity contribution in [3.63, 3.8) is 0 Å². The van der Waals surface area contributed by atoms with Crippen LogP contribution in [0.25, 0.3) is 0 Å². The van der Waals surface area contributed by atoms with Crippen molar-refractivity contribution in [2.75, 3.05) is 16.1 Å². The molecule has 0 unspecified atom stereocenters. The molecule has 164 valence electrons. The molecule has 6 N–H and O–H groups in total. The zero-order valence-electron chi connectivity index (χ0n) is 16.4. The molecule has 0 saturated carbocycles. The minimum Gasteiger partial charge on any atom is -0.331 e. The van der Waals surface area contributed by atoms with Crippen molar-refractivity contribution in [3.05, 3.63) is 90.0 Å². The van der Waals surface area contributed by atoms with Crippen LogP contribution < -0.4 is 32.3 Å². The van der Waals surface area contributed by atoms with E-state index in [2.05, 4.69) is 32.3 Å². The van der Waals surface area contributed by atoms with Crippen LogP contribution in [0, 0.1) is 11.6 Å². The first kappa shape index (κ1) is 22.8. The molecule has 0 aromatic heterocycles. The average molecular weight is 473 g/mol. The molecule has 0 saturated heterocycles. The van der Waals surface area contributed by atoms with Gasteiger partial charge in [-0.1, -0.05) is 0 Å². The van der Waals surface area contributed by atoms with Gasteiger partial charge < -0.3 is 10.6 Å². The fraction of sp³-hybridized carbons (Fsp3) is 0. The number of hydrogen-bond donors (Lipinski definition) is 6. The van der Waals surface area contributed by atoms with Crippen molar-refractivity contribution in [1.82, 2.24) is 16.3 Å². The van der Waals surface area contributed by atoms with Crippen molar-refractivity contribution in [2.24, 2.45) is 0 Å². The first-order chi connectivity index (χ1) is 15.4. The molecule has 32 heavy (non-hydrogen) atoms. The molecular weight excluding hydrogens is 454 g/mol. The Kier molecular flexibility index (Phi) is 7.84. The Bertz CT molecular complexity index is 1090. The zero-order chi connectivity index (χ0) is 22.9. The highest BCUT2D eigenvalue weighted by Crippen LogP contribution is 2.10. The van der Waals surface area contributed by atoms with E-state index in [1.807, 2.05) is 0 Å². The van der Waals surface area contributed by atoms with E-state index in [1.54, 1.807) is 36.4 Å². The molecule has 0 radical (unpaired) electrons. The summed E-state index contributed by atoms with van der Waals surface area (Å²) in [4.78, 5) is 12.2. The van der Waals surface area contributed by atoms with Gasteiger partial charge >= 0.3 is 0 Å². The van der Waals surface area contributed by atoms with Gasteiger partial charge in [0.25, 0.3) is 5.91 Å². The Morgan fingerprint density at radius 1 is 0.594 bits per heavy atom. The number of anilines is 3. The van der Waals surface area contributed by atoms with Crippen LogP contribution in [-0.2, 0) is 0 Å². The van der Waals surface area contributed by atoms with Gasteiger partial charge in [0.2, 0.25) is 0 Å². The van der Waals surface area contributed by atoms with E-state index in [1.165, 1.54) is 36.4 Å². The number of thiocarbonyl (C=S) groups is 2. The molecule has 11 heteroatoms. The lowest BCUT2D eigenvalue weighted by molar-refractivity contribution is 0.0944. The van der Waals surface area contributed by atoms with Crippen LogP contribution in [0.2, 0.25) is 0 Å². The highest BCUT2D eigenvalue weighted by molar-refractivity contribution is 7.80. The maximum Gasteiger partial charge on any atom is 0.269 e. The largest absolute Gasteiger partial charge is 0.331 e. The van der Waals surface area contributed by atoms with Crippen LogP contribution >= 0.6 is 24.4 Å². The third kappa shape index (κ3) is 7.15. The highest BCUT2D eigenvalue weighted by atomic mass is 32.1. The summed E-state index contributed by atoms with van der Waals surface area (Å²) in [6, 6.07) is 18.0. The minimum atomic E-state index is -0.402. The lowest BCUT2D eigenvalue weighted by Crippen LogP contribution is -2.43. The lowest BCUT2D eigenvalue weighted by Gasteiger charge is -2.13. The van der Waals surface area contributed by atoms with E-state index in [9.17, 15) is 13.6 Å². The molecular formula is C21H18F2N6OS2. The summed E-state index contributed by atoms with van der Waals surface area (Å²) in [5.74, 6) is -1.10. The van der Waals surface area contributed by atoms with E-state index < -0.39 is 5.91 Å². The molecule has 0 aliphatic rings. The smallest absolute Gasteiger partial charge is 0.269 e. The van der Waals surface area contributed by atoms with E-state index >= 15 is 0 Å². The number of benzene rings is 3. The van der Waals surface area contributed by atoms with Gasteiger partial charge in [-0.3, -0.25) is 26.5 Å². The first-order valence-electron chi connectivity index (χ1n) is 9.20. The molecule has 0 aliphatic heterocycles. The quantitative estimate of drug-likeness (QED) is 0.246. The van der Waals surface area contributed by atoms with Gasteiger partial charge in [0.1, 0.15) is 11.6 Å². The van der Waals surface area contributed by atoms with Gasteiger partial charge in [0.05, 0.1) is 5.69 Å². The molecule has 0 fully saturated rings. The third-order valence-corrected chi connectivity index (χ3v) is 4.37. The molecule has 0 heterocycles. The molecule has 3 aromatic carbocycles. The summed E-state index contributed by atoms with van der Waals surface area (Å²) in [5, 5.41) is 6.14. The standard InChI is InChI=1S/C21H18F2N6OS2/c22-14-3-9-16(10-4-14)24-20(31)28-26-18-7-1-13(2-8-18)19(30)27-29-21(32)25-17-11-5-15(23)6-12-17/h1-12,26H,(H,27,30)(H2,24,28,31)(H2,25,29,32). The molecule has 0 atom stereocenters. The molecule has 0 bridgehead atoms. The summed E-state index contributed by atoms with van der Waals surface area (Å²) < 4.78 is 25.8. The van der Waals surface area contributed by atoms with Crippen LogP contribution in [0.3, 0.4) is 0 Å². The predicted octanol–water partition coefficient (Wildman–Crippen LogP) is 3.91. The summed E-state index contributed by atoms with van der Waals surface area (Å²) in [7, 11) is 0. The van der Waals surface area contributed by atoms with E-state index in [-0.39, 0.29) is 21.9 Å². The molecule has 0 aliphatic carbocycles.